The largest absolute Gasteiger partial charge is 0.490 e. The maximum Gasteiger partial charge on any atom is 0.407 e. The van der Waals surface area contributed by atoms with Crippen LogP contribution in [0.4, 0.5) is 4.79 Å². The van der Waals surface area contributed by atoms with E-state index in [0.29, 0.717) is 35.8 Å². The van der Waals surface area contributed by atoms with Crippen molar-refractivity contribution in [3.8, 4) is 5.75 Å². The number of carboxylic acids is 1. The molecule has 0 aliphatic carbocycles. The van der Waals surface area contributed by atoms with E-state index in [1.165, 1.54) is 12.1 Å². The molecule has 1 atom stereocenters. The first kappa shape index (κ1) is 26.6. The monoisotopic (exact) mass is 524 g/mol. The van der Waals surface area contributed by atoms with Gasteiger partial charge >= 0.3 is 12.1 Å². The molecule has 12 heteroatoms. The second-order valence-electron chi connectivity index (χ2n) is 9.59. The number of imide groups is 1. The van der Waals surface area contributed by atoms with Crippen LogP contribution in [0.25, 0.3) is 10.9 Å². The van der Waals surface area contributed by atoms with Crippen LogP contribution >= 0.6 is 0 Å². The number of amides is 3. The van der Waals surface area contributed by atoms with Crippen molar-refractivity contribution in [3.05, 3.63) is 59.8 Å². The Balaban J connectivity index is 1.32. The fourth-order valence-electron chi connectivity index (χ4n) is 3.71. The van der Waals surface area contributed by atoms with Crippen LogP contribution in [0.5, 0.6) is 5.75 Å². The van der Waals surface area contributed by atoms with Gasteiger partial charge in [-0.05, 0) is 57.5 Å². The van der Waals surface area contributed by atoms with Gasteiger partial charge in [-0.3, -0.25) is 14.3 Å². The Morgan fingerprint density at radius 2 is 1.76 bits per heavy atom. The summed E-state index contributed by atoms with van der Waals surface area (Å²) in [6, 6.07) is 11.2. The van der Waals surface area contributed by atoms with Crippen LogP contribution in [0.3, 0.4) is 0 Å². The second-order valence-corrected chi connectivity index (χ2v) is 9.59. The summed E-state index contributed by atoms with van der Waals surface area (Å²) in [5.74, 6) is -2.49. The molecular formula is C26H28N4O8. The molecule has 1 aliphatic rings. The van der Waals surface area contributed by atoms with E-state index < -0.39 is 42.2 Å². The topological polar surface area (TPSA) is 149 Å². The Labute approximate surface area is 218 Å². The van der Waals surface area contributed by atoms with Gasteiger partial charge in [0.05, 0.1) is 16.6 Å². The molecule has 4 rings (SSSR count). The molecule has 200 valence electrons. The van der Waals surface area contributed by atoms with Gasteiger partial charge in [0.15, 0.2) is 0 Å². The third kappa shape index (κ3) is 6.27. The van der Waals surface area contributed by atoms with Crippen molar-refractivity contribution >= 4 is 34.8 Å². The first-order valence-electron chi connectivity index (χ1n) is 12.0. The summed E-state index contributed by atoms with van der Waals surface area (Å²) in [6.45, 7) is 5.91. The van der Waals surface area contributed by atoms with Gasteiger partial charge in [-0.2, -0.15) is 5.10 Å². The fourth-order valence-corrected chi connectivity index (χ4v) is 3.71. The molecule has 2 aromatic carbocycles. The summed E-state index contributed by atoms with van der Waals surface area (Å²) < 4.78 is 12.5. The molecule has 1 aliphatic heterocycles. The van der Waals surface area contributed by atoms with Crippen molar-refractivity contribution in [1.82, 2.24) is 20.2 Å². The molecule has 0 radical (unpaired) electrons. The van der Waals surface area contributed by atoms with Crippen molar-refractivity contribution in [2.24, 2.45) is 0 Å². The predicted molar refractivity (Wildman–Crippen MR) is 134 cm³/mol. The molecule has 1 aromatic heterocycles. The summed E-state index contributed by atoms with van der Waals surface area (Å²) in [5, 5.41) is 18.0. The van der Waals surface area contributed by atoms with Crippen molar-refractivity contribution in [2.45, 2.75) is 45.4 Å². The molecular weight excluding hydrogens is 496 g/mol. The fraction of sp³-hybridized carbons (Fsp3) is 0.346. The highest BCUT2D eigenvalue weighted by Gasteiger charge is 2.39. The quantitative estimate of drug-likeness (QED) is 0.301. The summed E-state index contributed by atoms with van der Waals surface area (Å²) in [4.78, 5) is 53.7. The van der Waals surface area contributed by atoms with Crippen molar-refractivity contribution < 1.29 is 38.6 Å². The van der Waals surface area contributed by atoms with Crippen LogP contribution in [0.2, 0.25) is 0 Å². The molecule has 0 saturated carbocycles. The maximum absolute atomic E-state index is 12.5. The Morgan fingerprint density at radius 1 is 1.08 bits per heavy atom. The predicted octanol–water partition coefficient (Wildman–Crippen LogP) is 3.01. The number of alkyl carbamates (subject to hydrolysis) is 1. The number of rotatable bonds is 10. The standard InChI is InChI=1S/C26H28N4O8/c1-26(2,3)37-25(35)27-11-6-12-29-14-16-13-17(9-10-20(16)28-29)36-15-21(24(33)34)38-30-22(31)18-7-4-5-8-19(18)23(30)32/h4-5,7-10,13-14,21H,6,11-12,15H2,1-3H3,(H,27,35)(H,33,34)/t21-/m0/s1. The van der Waals surface area contributed by atoms with Crippen LogP contribution in [-0.2, 0) is 20.9 Å². The number of fused-ring (bicyclic) bond motifs is 2. The average Bonchev–Trinajstić information content (AvgIpc) is 3.36. The molecule has 0 saturated heterocycles. The number of carbonyl (C=O) groups is 4. The van der Waals surface area contributed by atoms with Crippen LogP contribution in [-0.4, -0.2) is 68.7 Å². The van der Waals surface area contributed by atoms with Gasteiger partial charge in [-0.1, -0.05) is 12.1 Å². The molecule has 3 aromatic rings. The van der Waals surface area contributed by atoms with Crippen LogP contribution < -0.4 is 10.1 Å². The van der Waals surface area contributed by atoms with E-state index in [-0.39, 0.29) is 11.1 Å². The first-order valence-corrected chi connectivity index (χ1v) is 12.0. The molecule has 38 heavy (non-hydrogen) atoms. The lowest BCUT2D eigenvalue weighted by atomic mass is 10.1. The van der Waals surface area contributed by atoms with E-state index in [2.05, 4.69) is 10.4 Å². The van der Waals surface area contributed by atoms with Gasteiger partial charge in [0.2, 0.25) is 6.10 Å². The minimum atomic E-state index is -1.60. The Bertz CT molecular complexity index is 1340. The van der Waals surface area contributed by atoms with E-state index in [9.17, 15) is 24.3 Å². The number of aromatic nitrogens is 2. The summed E-state index contributed by atoms with van der Waals surface area (Å²) >= 11 is 0. The minimum Gasteiger partial charge on any atom is -0.490 e. The highest BCUT2D eigenvalue weighted by Crippen LogP contribution is 2.24. The number of ether oxygens (including phenoxy) is 2. The van der Waals surface area contributed by atoms with Crippen LogP contribution in [0.1, 0.15) is 47.9 Å². The zero-order chi connectivity index (χ0) is 27.4. The van der Waals surface area contributed by atoms with Gasteiger partial charge in [0, 0.05) is 24.7 Å². The first-order chi connectivity index (χ1) is 18.0. The molecule has 0 unspecified atom stereocenters. The van der Waals surface area contributed by atoms with Gasteiger partial charge in [-0.15, -0.1) is 5.06 Å². The summed E-state index contributed by atoms with van der Waals surface area (Å²) in [7, 11) is 0. The lowest BCUT2D eigenvalue weighted by Gasteiger charge is -2.19. The van der Waals surface area contributed by atoms with Crippen LogP contribution in [0, 0.1) is 0 Å². The van der Waals surface area contributed by atoms with Gasteiger partial charge in [0.1, 0.15) is 18.0 Å². The molecule has 0 bridgehead atoms. The smallest absolute Gasteiger partial charge is 0.407 e. The van der Waals surface area contributed by atoms with E-state index in [4.69, 9.17) is 14.3 Å². The highest BCUT2D eigenvalue weighted by molar-refractivity contribution is 6.20. The number of nitrogens with one attached hydrogen (secondary N) is 1. The van der Waals surface area contributed by atoms with E-state index in [1.807, 2.05) is 0 Å². The Morgan fingerprint density at radius 3 is 2.39 bits per heavy atom. The summed E-state index contributed by atoms with van der Waals surface area (Å²) in [6.07, 6.45) is 0.357. The molecule has 3 amide bonds. The zero-order valence-electron chi connectivity index (χ0n) is 21.2. The van der Waals surface area contributed by atoms with Crippen molar-refractivity contribution in [3.63, 3.8) is 0 Å². The van der Waals surface area contributed by atoms with E-state index in [1.54, 1.807) is 62.0 Å². The SMILES string of the molecule is CC(C)(C)OC(=O)NCCCn1cc2cc(OC[C@H](ON3C(=O)c4ccccc4C3=O)C(=O)O)ccc2n1. The summed E-state index contributed by atoms with van der Waals surface area (Å²) in [5.41, 5.74) is 0.431. The average molecular weight is 525 g/mol. The van der Waals surface area contributed by atoms with Crippen molar-refractivity contribution in [1.29, 1.82) is 0 Å². The van der Waals surface area contributed by atoms with E-state index in [0.717, 1.165) is 5.39 Å². The number of aliphatic carboxylic acids is 1. The third-order valence-electron chi connectivity index (χ3n) is 5.42. The number of hydroxylamine groups is 2. The lowest BCUT2D eigenvalue weighted by molar-refractivity contribution is -0.178. The Kier molecular flexibility index (Phi) is 7.62. The number of nitrogens with zero attached hydrogens (tertiary/aromatic N) is 3. The zero-order valence-corrected chi connectivity index (χ0v) is 21.2. The van der Waals surface area contributed by atoms with Crippen LogP contribution in [0.15, 0.2) is 48.7 Å². The molecule has 2 N–H and O–H groups in total. The van der Waals surface area contributed by atoms with Gasteiger partial charge in [-0.25, -0.2) is 14.4 Å². The normalized spacial score (nSPS) is 13.9. The third-order valence-corrected chi connectivity index (χ3v) is 5.42. The molecule has 0 spiro atoms. The number of aryl methyl sites for hydroxylation is 1. The molecule has 12 nitrogen and oxygen atoms in total. The second kappa shape index (κ2) is 10.9. The maximum atomic E-state index is 12.5. The van der Waals surface area contributed by atoms with E-state index >= 15 is 0 Å². The number of hydrogen-bond donors (Lipinski definition) is 2. The number of benzene rings is 2. The Hall–Kier alpha value is -4.45. The van der Waals surface area contributed by atoms with Gasteiger partial charge < -0.3 is 19.9 Å². The molecule has 2 heterocycles. The van der Waals surface area contributed by atoms with Gasteiger partial charge in [0.25, 0.3) is 11.8 Å². The lowest BCUT2D eigenvalue weighted by Crippen LogP contribution is -2.41. The van der Waals surface area contributed by atoms with Crippen molar-refractivity contribution in [2.75, 3.05) is 13.2 Å². The number of carboxylic acid groups (broad SMARTS) is 1. The number of hydrogen-bond acceptors (Lipinski definition) is 8. The minimum absolute atomic E-state index is 0.144. The number of carbonyl (C=O) groups excluding carboxylic acids is 3. The highest BCUT2D eigenvalue weighted by atomic mass is 16.7. The molecule has 0 fully saturated rings.